The molecule has 1 heterocycles. The zero-order valence-corrected chi connectivity index (χ0v) is 11.4. The minimum Gasteiger partial charge on any atom is -0.464 e. The van der Waals surface area contributed by atoms with E-state index >= 15 is 0 Å². The fourth-order valence-electron chi connectivity index (χ4n) is 1.63. The maximum Gasteiger partial charge on any atom is 0.328 e. The van der Waals surface area contributed by atoms with Crippen LogP contribution < -0.4 is 10.6 Å². The van der Waals surface area contributed by atoms with Gasteiger partial charge in [0, 0.05) is 17.0 Å². The van der Waals surface area contributed by atoms with Crippen molar-refractivity contribution >= 4 is 40.8 Å². The van der Waals surface area contributed by atoms with Gasteiger partial charge < -0.3 is 10.1 Å². The first-order valence-electron chi connectivity index (χ1n) is 5.60. The summed E-state index contributed by atoms with van der Waals surface area (Å²) in [6, 6.07) is 6.00. The lowest BCUT2D eigenvalue weighted by atomic mass is 10.2. The van der Waals surface area contributed by atoms with E-state index in [4.69, 9.17) is 28.6 Å². The molecule has 1 aliphatic heterocycles. The van der Waals surface area contributed by atoms with Crippen LogP contribution in [0.5, 0.6) is 0 Å². The number of thiocarbonyl (C=S) groups is 1. The van der Waals surface area contributed by atoms with Crippen molar-refractivity contribution in [2.75, 3.05) is 6.61 Å². The second-order valence-corrected chi connectivity index (χ2v) is 4.79. The van der Waals surface area contributed by atoms with Crippen LogP contribution in [0.4, 0.5) is 0 Å². The summed E-state index contributed by atoms with van der Waals surface area (Å²) in [6.07, 6.45) is 0.534. The molecule has 1 fully saturated rings. The van der Waals surface area contributed by atoms with Gasteiger partial charge in [-0.1, -0.05) is 17.7 Å². The van der Waals surface area contributed by atoms with Gasteiger partial charge in [-0.05, 0) is 30.4 Å². The highest BCUT2D eigenvalue weighted by Crippen LogP contribution is 2.10. The zero-order chi connectivity index (χ0) is 13.8. The summed E-state index contributed by atoms with van der Waals surface area (Å²) < 4.78 is 4.78. The van der Waals surface area contributed by atoms with Gasteiger partial charge in [0.1, 0.15) is 6.04 Å². The van der Waals surface area contributed by atoms with Crippen molar-refractivity contribution in [3.8, 4) is 0 Å². The number of cyclic esters (lactones) is 1. The second kappa shape index (κ2) is 5.99. The van der Waals surface area contributed by atoms with Crippen LogP contribution in [0.1, 0.15) is 16.8 Å². The molecule has 5 nitrogen and oxygen atoms in total. The quantitative estimate of drug-likeness (QED) is 0.635. The molecule has 0 spiro atoms. The van der Waals surface area contributed by atoms with Crippen molar-refractivity contribution in [3.63, 3.8) is 0 Å². The number of halogens is 1. The Kier molecular flexibility index (Phi) is 4.34. The molecule has 1 atom stereocenters. The molecule has 1 saturated heterocycles. The molecule has 2 N–H and O–H groups in total. The second-order valence-electron chi connectivity index (χ2n) is 3.95. The zero-order valence-electron chi connectivity index (χ0n) is 9.81. The predicted octanol–water partition coefficient (Wildman–Crippen LogP) is 1.26. The van der Waals surface area contributed by atoms with Crippen LogP contribution in [0.15, 0.2) is 24.3 Å². The Balaban J connectivity index is 1.92. The smallest absolute Gasteiger partial charge is 0.328 e. The van der Waals surface area contributed by atoms with E-state index in [1.807, 2.05) is 0 Å². The summed E-state index contributed by atoms with van der Waals surface area (Å²) >= 11 is 10.8. The number of hydrogen-bond donors (Lipinski definition) is 2. The van der Waals surface area contributed by atoms with E-state index in [-0.39, 0.29) is 17.0 Å². The van der Waals surface area contributed by atoms with Gasteiger partial charge in [-0.25, -0.2) is 4.79 Å². The Labute approximate surface area is 120 Å². The summed E-state index contributed by atoms with van der Waals surface area (Å²) in [6.45, 7) is 0.362. The van der Waals surface area contributed by atoms with E-state index in [2.05, 4.69) is 10.6 Å². The number of carbonyl (C=O) groups is 2. The van der Waals surface area contributed by atoms with Crippen molar-refractivity contribution in [2.24, 2.45) is 0 Å². The van der Waals surface area contributed by atoms with Gasteiger partial charge in [0.25, 0.3) is 5.91 Å². The average molecular weight is 299 g/mol. The average Bonchev–Trinajstić information content (AvgIpc) is 2.75. The number of hydrogen-bond acceptors (Lipinski definition) is 4. The normalized spacial score (nSPS) is 17.7. The third-order valence-corrected chi connectivity index (χ3v) is 3.01. The molecule has 1 aromatic carbocycles. The lowest BCUT2D eigenvalue weighted by Crippen LogP contribution is -2.46. The number of amides is 1. The highest BCUT2D eigenvalue weighted by Gasteiger charge is 2.27. The lowest BCUT2D eigenvalue weighted by molar-refractivity contribution is -0.139. The van der Waals surface area contributed by atoms with Gasteiger partial charge in [0.15, 0.2) is 5.11 Å². The third-order valence-electron chi connectivity index (χ3n) is 2.55. The van der Waals surface area contributed by atoms with Gasteiger partial charge in [-0.2, -0.15) is 0 Å². The maximum atomic E-state index is 11.8. The summed E-state index contributed by atoms with van der Waals surface area (Å²) in [4.78, 5) is 23.1. The van der Waals surface area contributed by atoms with Crippen molar-refractivity contribution in [1.29, 1.82) is 0 Å². The highest BCUT2D eigenvalue weighted by molar-refractivity contribution is 7.80. The predicted molar refractivity (Wildman–Crippen MR) is 74.0 cm³/mol. The van der Waals surface area contributed by atoms with Crippen LogP contribution in [0.3, 0.4) is 0 Å². The SMILES string of the molecule is O=C(NC(=S)NC1CCOC1=O)c1cccc(Cl)c1. The van der Waals surface area contributed by atoms with Crippen LogP contribution in [-0.4, -0.2) is 29.6 Å². The molecule has 1 amide bonds. The fraction of sp³-hybridized carbons (Fsp3) is 0.250. The van der Waals surface area contributed by atoms with Crippen LogP contribution >= 0.6 is 23.8 Å². The number of nitrogens with one attached hydrogen (secondary N) is 2. The van der Waals surface area contributed by atoms with E-state index in [9.17, 15) is 9.59 Å². The number of carbonyl (C=O) groups excluding carboxylic acids is 2. The van der Waals surface area contributed by atoms with E-state index in [0.717, 1.165) is 0 Å². The van der Waals surface area contributed by atoms with E-state index in [1.165, 1.54) is 6.07 Å². The number of esters is 1. The van der Waals surface area contributed by atoms with Crippen LogP contribution in [0.25, 0.3) is 0 Å². The standard InChI is InChI=1S/C12H11ClN2O3S/c13-8-3-1-2-7(6-8)10(16)15-12(19)14-9-4-5-18-11(9)17/h1-3,6,9H,4-5H2,(H2,14,15,16,19). The first-order chi connectivity index (χ1) is 9.06. The van der Waals surface area contributed by atoms with Gasteiger partial charge in [-0.15, -0.1) is 0 Å². The number of rotatable bonds is 2. The molecular formula is C12H11ClN2O3S. The third kappa shape index (κ3) is 3.65. The van der Waals surface area contributed by atoms with Gasteiger partial charge in [0.2, 0.25) is 0 Å². The molecule has 0 radical (unpaired) electrons. The Morgan fingerprint density at radius 2 is 2.26 bits per heavy atom. The number of ether oxygens (including phenoxy) is 1. The Morgan fingerprint density at radius 3 is 2.89 bits per heavy atom. The molecular weight excluding hydrogens is 288 g/mol. The minimum absolute atomic E-state index is 0.0915. The topological polar surface area (TPSA) is 67.4 Å². The highest BCUT2D eigenvalue weighted by atomic mass is 35.5. The monoisotopic (exact) mass is 298 g/mol. The van der Waals surface area contributed by atoms with Crippen molar-refractivity contribution in [3.05, 3.63) is 34.9 Å². The van der Waals surface area contributed by atoms with E-state index < -0.39 is 6.04 Å². The van der Waals surface area contributed by atoms with E-state index in [1.54, 1.807) is 18.2 Å². The molecule has 0 saturated carbocycles. The van der Waals surface area contributed by atoms with Gasteiger partial charge >= 0.3 is 5.97 Å². The molecule has 7 heteroatoms. The molecule has 100 valence electrons. The van der Waals surface area contributed by atoms with Crippen LogP contribution in [0.2, 0.25) is 5.02 Å². The molecule has 1 aliphatic rings. The molecule has 0 aromatic heterocycles. The molecule has 0 aliphatic carbocycles. The van der Waals surface area contributed by atoms with E-state index in [0.29, 0.717) is 23.6 Å². The molecule has 0 bridgehead atoms. The lowest BCUT2D eigenvalue weighted by Gasteiger charge is -2.12. The Hall–Kier alpha value is -1.66. The first-order valence-corrected chi connectivity index (χ1v) is 6.39. The Morgan fingerprint density at radius 1 is 1.47 bits per heavy atom. The van der Waals surface area contributed by atoms with Gasteiger partial charge in [0.05, 0.1) is 6.61 Å². The summed E-state index contributed by atoms with van der Waals surface area (Å²) in [5, 5.41) is 5.78. The van der Waals surface area contributed by atoms with Crippen LogP contribution in [-0.2, 0) is 9.53 Å². The molecule has 19 heavy (non-hydrogen) atoms. The summed E-state index contributed by atoms with van der Waals surface area (Å²) in [5.74, 6) is -0.745. The summed E-state index contributed by atoms with van der Waals surface area (Å²) in [5.41, 5.74) is 0.394. The largest absolute Gasteiger partial charge is 0.464 e. The number of benzene rings is 1. The minimum atomic E-state index is -0.493. The first kappa shape index (κ1) is 13.8. The molecule has 1 aromatic rings. The van der Waals surface area contributed by atoms with Crippen molar-refractivity contribution in [1.82, 2.24) is 10.6 Å². The van der Waals surface area contributed by atoms with Crippen molar-refractivity contribution in [2.45, 2.75) is 12.5 Å². The summed E-state index contributed by atoms with van der Waals surface area (Å²) in [7, 11) is 0. The van der Waals surface area contributed by atoms with Crippen molar-refractivity contribution < 1.29 is 14.3 Å². The molecule has 2 rings (SSSR count). The fourth-order valence-corrected chi connectivity index (χ4v) is 2.05. The maximum absolute atomic E-state index is 11.8. The van der Waals surface area contributed by atoms with Crippen LogP contribution in [0, 0.1) is 0 Å². The van der Waals surface area contributed by atoms with Gasteiger partial charge in [-0.3, -0.25) is 10.1 Å². The Bertz CT molecular complexity index is 535. The molecule has 1 unspecified atom stereocenters.